The highest BCUT2D eigenvalue weighted by Crippen LogP contribution is 2.44. The summed E-state index contributed by atoms with van der Waals surface area (Å²) in [7, 11) is 0. The van der Waals surface area contributed by atoms with Gasteiger partial charge in [-0.2, -0.15) is 0 Å². The summed E-state index contributed by atoms with van der Waals surface area (Å²) in [5.74, 6) is 0.303. The SMILES string of the molecule is CCOC(CN(Cc1ccccn1)C(=O)C(Cc1ccc(OC(C)(C)C)cc1)NC(=O)OCC1c2ccccc2-c2ccccc21)OCC. The monoisotopic (exact) mass is 665 g/mol. The average Bonchev–Trinajstić information content (AvgIpc) is 3.41. The first-order chi connectivity index (χ1) is 23.6. The van der Waals surface area contributed by atoms with Gasteiger partial charge in [0.25, 0.3) is 0 Å². The van der Waals surface area contributed by atoms with Crippen LogP contribution in [0.3, 0.4) is 0 Å². The minimum atomic E-state index is -0.947. The molecule has 1 N–H and O–H groups in total. The molecule has 0 bridgehead atoms. The summed E-state index contributed by atoms with van der Waals surface area (Å²) in [6.07, 6.45) is 0.600. The molecule has 1 aliphatic rings. The van der Waals surface area contributed by atoms with Gasteiger partial charge in [-0.25, -0.2) is 4.79 Å². The van der Waals surface area contributed by atoms with Crippen LogP contribution >= 0.6 is 0 Å². The summed E-state index contributed by atoms with van der Waals surface area (Å²) in [6.45, 7) is 11.0. The number of benzene rings is 3. The normalized spacial score (nSPS) is 13.0. The second-order valence-electron chi connectivity index (χ2n) is 13.0. The first kappa shape index (κ1) is 35.6. The van der Waals surface area contributed by atoms with Gasteiger partial charge in [0.1, 0.15) is 24.0 Å². The number of nitrogens with zero attached hydrogens (tertiary/aromatic N) is 2. The predicted octanol–water partition coefficient (Wildman–Crippen LogP) is 7.14. The van der Waals surface area contributed by atoms with Gasteiger partial charge in [0.15, 0.2) is 6.29 Å². The molecule has 2 amide bonds. The van der Waals surface area contributed by atoms with Gasteiger partial charge in [-0.05, 0) is 86.7 Å². The van der Waals surface area contributed by atoms with E-state index >= 15 is 0 Å². The van der Waals surface area contributed by atoms with Gasteiger partial charge in [-0.3, -0.25) is 9.78 Å². The maximum Gasteiger partial charge on any atom is 0.407 e. The Labute approximate surface area is 289 Å². The third-order valence-corrected chi connectivity index (χ3v) is 8.19. The van der Waals surface area contributed by atoms with E-state index in [4.69, 9.17) is 18.9 Å². The number of carbonyl (C=O) groups is 2. The number of fused-ring (bicyclic) bond motifs is 3. The second-order valence-corrected chi connectivity index (χ2v) is 13.0. The van der Waals surface area contributed by atoms with Gasteiger partial charge in [0.2, 0.25) is 5.91 Å². The van der Waals surface area contributed by atoms with E-state index in [-0.39, 0.29) is 43.5 Å². The van der Waals surface area contributed by atoms with Crippen molar-refractivity contribution in [1.29, 1.82) is 0 Å². The lowest BCUT2D eigenvalue weighted by atomic mass is 9.98. The van der Waals surface area contributed by atoms with Crippen LogP contribution in [-0.4, -0.2) is 66.2 Å². The van der Waals surface area contributed by atoms with Crippen LogP contribution in [0.2, 0.25) is 0 Å². The number of hydrogen-bond acceptors (Lipinski definition) is 7. The number of amides is 2. The van der Waals surface area contributed by atoms with Crippen LogP contribution in [0.1, 0.15) is 62.9 Å². The van der Waals surface area contributed by atoms with E-state index < -0.39 is 18.4 Å². The van der Waals surface area contributed by atoms with Crippen LogP contribution in [-0.2, 0) is 32.0 Å². The largest absolute Gasteiger partial charge is 0.488 e. The van der Waals surface area contributed by atoms with Gasteiger partial charge in [-0.15, -0.1) is 0 Å². The number of carbonyl (C=O) groups excluding carboxylic acids is 2. The van der Waals surface area contributed by atoms with E-state index in [0.29, 0.717) is 18.9 Å². The molecule has 258 valence electrons. The van der Waals surface area contributed by atoms with Crippen molar-refractivity contribution in [3.63, 3.8) is 0 Å². The average molecular weight is 666 g/mol. The molecule has 4 aromatic rings. The summed E-state index contributed by atoms with van der Waals surface area (Å²) in [5, 5.41) is 2.91. The lowest BCUT2D eigenvalue weighted by Crippen LogP contribution is -2.51. The molecule has 1 atom stereocenters. The van der Waals surface area contributed by atoms with Crippen LogP contribution in [0.25, 0.3) is 11.1 Å². The zero-order chi connectivity index (χ0) is 34.8. The molecule has 49 heavy (non-hydrogen) atoms. The number of pyridine rings is 1. The first-order valence-electron chi connectivity index (χ1n) is 17.0. The number of aromatic nitrogens is 1. The van der Waals surface area contributed by atoms with Crippen LogP contribution in [0.15, 0.2) is 97.2 Å². The Morgan fingerprint density at radius 3 is 2.02 bits per heavy atom. The van der Waals surface area contributed by atoms with Crippen LogP contribution in [0.5, 0.6) is 5.75 Å². The molecule has 9 heteroatoms. The fourth-order valence-electron chi connectivity index (χ4n) is 6.11. The van der Waals surface area contributed by atoms with E-state index in [1.165, 1.54) is 0 Å². The molecule has 0 radical (unpaired) electrons. The molecule has 0 aliphatic heterocycles. The Morgan fingerprint density at radius 1 is 0.837 bits per heavy atom. The van der Waals surface area contributed by atoms with E-state index in [2.05, 4.69) is 34.6 Å². The van der Waals surface area contributed by atoms with Crippen LogP contribution in [0, 0.1) is 0 Å². The lowest BCUT2D eigenvalue weighted by Gasteiger charge is -2.31. The standard InChI is InChI=1S/C40H47N3O6/c1-6-46-37(47-7-2)26-43(25-29-14-12-13-23-41-29)38(44)36(24-28-19-21-30(22-20-28)49-40(3,4)5)42-39(45)48-27-35-33-17-10-8-15-31(33)32-16-9-11-18-34(32)35/h8-23,35-37H,6-7,24-27H2,1-5H3,(H,42,45). The zero-order valence-electron chi connectivity index (χ0n) is 29.1. The molecule has 1 aromatic heterocycles. The first-order valence-corrected chi connectivity index (χ1v) is 17.0. The molecule has 0 saturated heterocycles. The predicted molar refractivity (Wildman–Crippen MR) is 189 cm³/mol. The summed E-state index contributed by atoms with van der Waals surface area (Å²) in [6, 6.07) is 28.5. The van der Waals surface area contributed by atoms with Crippen molar-refractivity contribution in [2.45, 2.75) is 71.4 Å². The second kappa shape index (κ2) is 16.6. The zero-order valence-corrected chi connectivity index (χ0v) is 29.1. The van der Waals surface area contributed by atoms with Crippen LogP contribution < -0.4 is 10.1 Å². The van der Waals surface area contributed by atoms with E-state index in [9.17, 15) is 9.59 Å². The summed E-state index contributed by atoms with van der Waals surface area (Å²) >= 11 is 0. The Balaban J connectivity index is 1.38. The minimum absolute atomic E-state index is 0.110. The van der Waals surface area contributed by atoms with Gasteiger partial charge in [-0.1, -0.05) is 66.7 Å². The molecule has 1 unspecified atom stereocenters. The van der Waals surface area contributed by atoms with Crippen molar-refractivity contribution in [2.75, 3.05) is 26.4 Å². The molecule has 5 rings (SSSR count). The fraction of sp³-hybridized carbons (Fsp3) is 0.375. The van der Waals surface area contributed by atoms with Crippen molar-refractivity contribution in [1.82, 2.24) is 15.2 Å². The van der Waals surface area contributed by atoms with Crippen molar-refractivity contribution in [2.24, 2.45) is 0 Å². The molecule has 0 fully saturated rings. The third-order valence-electron chi connectivity index (χ3n) is 8.19. The molecule has 3 aromatic carbocycles. The van der Waals surface area contributed by atoms with Gasteiger partial charge >= 0.3 is 6.09 Å². The van der Waals surface area contributed by atoms with E-state index in [1.807, 2.05) is 101 Å². The summed E-state index contributed by atoms with van der Waals surface area (Å²) in [4.78, 5) is 34.1. The Hall–Kier alpha value is -4.73. The highest BCUT2D eigenvalue weighted by molar-refractivity contribution is 5.86. The van der Waals surface area contributed by atoms with Crippen molar-refractivity contribution >= 4 is 12.0 Å². The highest BCUT2D eigenvalue weighted by atomic mass is 16.7. The summed E-state index contributed by atoms with van der Waals surface area (Å²) < 4.78 is 23.5. The maximum atomic E-state index is 14.5. The molecule has 9 nitrogen and oxygen atoms in total. The maximum absolute atomic E-state index is 14.5. The molecule has 0 spiro atoms. The van der Waals surface area contributed by atoms with E-state index in [0.717, 1.165) is 33.6 Å². The number of nitrogens with one attached hydrogen (secondary N) is 1. The van der Waals surface area contributed by atoms with Crippen molar-refractivity contribution in [3.8, 4) is 16.9 Å². The topological polar surface area (TPSA) is 99.2 Å². The quantitative estimate of drug-likeness (QED) is 0.135. The third kappa shape index (κ3) is 9.68. The Morgan fingerprint density at radius 2 is 1.45 bits per heavy atom. The molecular weight excluding hydrogens is 618 g/mol. The number of hydrogen-bond donors (Lipinski definition) is 1. The molecule has 1 aliphatic carbocycles. The number of alkyl carbamates (subject to hydrolysis) is 1. The number of ether oxygens (including phenoxy) is 4. The Kier molecular flexibility index (Phi) is 12.0. The summed E-state index contributed by atoms with van der Waals surface area (Å²) in [5.41, 5.74) is 5.70. The molecule has 1 heterocycles. The minimum Gasteiger partial charge on any atom is -0.488 e. The lowest BCUT2D eigenvalue weighted by molar-refractivity contribution is -0.161. The van der Waals surface area contributed by atoms with Gasteiger partial charge in [0.05, 0.1) is 18.8 Å². The number of rotatable bonds is 15. The smallest absolute Gasteiger partial charge is 0.407 e. The highest BCUT2D eigenvalue weighted by Gasteiger charge is 2.32. The molecular formula is C40H47N3O6. The fourth-order valence-corrected chi connectivity index (χ4v) is 6.11. The Bertz CT molecular complexity index is 1620. The van der Waals surface area contributed by atoms with Crippen molar-refractivity contribution in [3.05, 3.63) is 120 Å². The molecule has 0 saturated carbocycles. The van der Waals surface area contributed by atoms with E-state index in [1.54, 1.807) is 11.1 Å². The van der Waals surface area contributed by atoms with Gasteiger partial charge < -0.3 is 29.2 Å². The van der Waals surface area contributed by atoms with Gasteiger partial charge in [0, 0.05) is 31.7 Å². The van der Waals surface area contributed by atoms with Crippen LogP contribution in [0.4, 0.5) is 4.79 Å². The van der Waals surface area contributed by atoms with Crippen molar-refractivity contribution < 1.29 is 28.5 Å².